The highest BCUT2D eigenvalue weighted by molar-refractivity contribution is 5.40. The van der Waals surface area contributed by atoms with E-state index in [4.69, 9.17) is 4.74 Å². The fraction of sp³-hybridized carbons (Fsp3) is 0.500. The fourth-order valence-electron chi connectivity index (χ4n) is 1.18. The van der Waals surface area contributed by atoms with Gasteiger partial charge in [0.2, 0.25) is 0 Å². The molecular weight excluding hydrogens is 164 g/mol. The zero-order chi connectivity index (χ0) is 9.26. The molecule has 3 heteroatoms. The van der Waals surface area contributed by atoms with E-state index in [2.05, 4.69) is 10.3 Å². The van der Waals surface area contributed by atoms with Gasteiger partial charge in [-0.3, -0.25) is 0 Å². The smallest absolute Gasteiger partial charge is 0.141 e. The molecule has 13 heavy (non-hydrogen) atoms. The van der Waals surface area contributed by atoms with E-state index in [1.165, 1.54) is 12.8 Å². The molecule has 0 bridgehead atoms. The fourth-order valence-corrected chi connectivity index (χ4v) is 1.18. The van der Waals surface area contributed by atoms with E-state index in [0.717, 1.165) is 17.3 Å². The number of anilines is 1. The Morgan fingerprint density at radius 3 is 2.77 bits per heavy atom. The third-order valence-corrected chi connectivity index (χ3v) is 2.11. The lowest BCUT2D eigenvalue weighted by Gasteiger charge is -2.08. The number of nitrogens with zero attached hydrogens (tertiary/aromatic N) is 1. The van der Waals surface area contributed by atoms with Gasteiger partial charge in [0.25, 0.3) is 0 Å². The molecule has 1 fully saturated rings. The number of ether oxygens (including phenoxy) is 1. The Morgan fingerprint density at radius 1 is 1.46 bits per heavy atom. The molecular formula is C10H14N2O. The van der Waals surface area contributed by atoms with Gasteiger partial charge in [-0.15, -0.1) is 0 Å². The number of pyridine rings is 1. The monoisotopic (exact) mass is 178 g/mol. The lowest BCUT2D eigenvalue weighted by atomic mass is 10.3. The zero-order valence-corrected chi connectivity index (χ0v) is 8.00. The Balaban J connectivity index is 2.15. The summed E-state index contributed by atoms with van der Waals surface area (Å²) in [5.74, 6) is 1.81. The van der Waals surface area contributed by atoms with Crippen LogP contribution in [0.1, 0.15) is 18.5 Å². The minimum atomic E-state index is 0.445. The molecule has 3 nitrogen and oxygen atoms in total. The highest BCUT2D eigenvalue weighted by Gasteiger charge is 2.24. The second-order valence-electron chi connectivity index (χ2n) is 3.35. The summed E-state index contributed by atoms with van der Waals surface area (Å²) in [6.45, 7) is 1.97. The average Bonchev–Trinajstić information content (AvgIpc) is 2.92. The van der Waals surface area contributed by atoms with Gasteiger partial charge in [0, 0.05) is 7.05 Å². The van der Waals surface area contributed by atoms with Gasteiger partial charge in [0.15, 0.2) is 0 Å². The van der Waals surface area contributed by atoms with Crippen molar-refractivity contribution < 1.29 is 4.74 Å². The number of aromatic nitrogens is 1. The molecule has 1 saturated carbocycles. The summed E-state index contributed by atoms with van der Waals surface area (Å²) in [7, 11) is 1.86. The molecule has 0 saturated heterocycles. The lowest BCUT2D eigenvalue weighted by molar-refractivity contribution is 0.299. The first-order chi connectivity index (χ1) is 6.29. The molecule has 0 unspecified atom stereocenters. The lowest BCUT2D eigenvalue weighted by Crippen LogP contribution is -2.01. The third-order valence-electron chi connectivity index (χ3n) is 2.11. The van der Waals surface area contributed by atoms with Crippen molar-refractivity contribution in [2.75, 3.05) is 12.4 Å². The quantitative estimate of drug-likeness (QED) is 0.768. The molecule has 0 atom stereocenters. The maximum Gasteiger partial charge on any atom is 0.141 e. The minimum Gasteiger partial charge on any atom is -0.489 e. The summed E-state index contributed by atoms with van der Waals surface area (Å²) < 4.78 is 5.67. The SMILES string of the molecule is CNc1ccc(OC2CC2)c(C)n1. The first-order valence-electron chi connectivity index (χ1n) is 4.61. The molecule has 70 valence electrons. The van der Waals surface area contributed by atoms with Crippen LogP contribution in [0, 0.1) is 6.92 Å². The average molecular weight is 178 g/mol. The Hall–Kier alpha value is -1.25. The molecule has 0 spiro atoms. The van der Waals surface area contributed by atoms with Gasteiger partial charge in [-0.2, -0.15) is 0 Å². The van der Waals surface area contributed by atoms with Crippen LogP contribution in [0.15, 0.2) is 12.1 Å². The van der Waals surface area contributed by atoms with E-state index in [9.17, 15) is 0 Å². The Labute approximate surface area is 78.1 Å². The zero-order valence-electron chi connectivity index (χ0n) is 8.00. The first-order valence-corrected chi connectivity index (χ1v) is 4.61. The number of hydrogen-bond acceptors (Lipinski definition) is 3. The van der Waals surface area contributed by atoms with Gasteiger partial charge in [0.05, 0.1) is 11.8 Å². The first kappa shape index (κ1) is 8.35. The molecule has 0 radical (unpaired) electrons. The van der Waals surface area contributed by atoms with Crippen LogP contribution in [-0.2, 0) is 0 Å². The van der Waals surface area contributed by atoms with E-state index in [1.54, 1.807) is 0 Å². The van der Waals surface area contributed by atoms with Crippen LogP contribution in [0.3, 0.4) is 0 Å². The molecule has 0 amide bonds. The summed E-state index contributed by atoms with van der Waals surface area (Å²) in [5.41, 5.74) is 0.957. The van der Waals surface area contributed by atoms with Crippen LogP contribution in [0.4, 0.5) is 5.82 Å². The van der Waals surface area contributed by atoms with Crippen LogP contribution in [0.25, 0.3) is 0 Å². The van der Waals surface area contributed by atoms with Crippen LogP contribution < -0.4 is 10.1 Å². The van der Waals surface area contributed by atoms with Gasteiger partial charge in [-0.25, -0.2) is 4.98 Å². The summed E-state index contributed by atoms with van der Waals surface area (Å²) in [6.07, 6.45) is 2.82. The molecule has 1 aliphatic rings. The van der Waals surface area contributed by atoms with Gasteiger partial charge in [0.1, 0.15) is 11.6 Å². The van der Waals surface area contributed by atoms with Gasteiger partial charge < -0.3 is 10.1 Å². The van der Waals surface area contributed by atoms with E-state index in [0.29, 0.717) is 6.10 Å². The number of rotatable bonds is 3. The van der Waals surface area contributed by atoms with Crippen LogP contribution in [0.2, 0.25) is 0 Å². The van der Waals surface area contributed by atoms with Gasteiger partial charge in [-0.1, -0.05) is 0 Å². The molecule has 1 heterocycles. The van der Waals surface area contributed by atoms with Crippen molar-refractivity contribution >= 4 is 5.82 Å². The summed E-state index contributed by atoms with van der Waals surface area (Å²) >= 11 is 0. The Bertz CT molecular complexity index is 308. The van der Waals surface area contributed by atoms with Crippen LogP contribution >= 0.6 is 0 Å². The molecule has 1 aromatic rings. The molecule has 0 aromatic carbocycles. The van der Waals surface area contributed by atoms with Gasteiger partial charge in [-0.05, 0) is 31.9 Å². The molecule has 0 aliphatic heterocycles. The highest BCUT2D eigenvalue weighted by Crippen LogP contribution is 2.28. The largest absolute Gasteiger partial charge is 0.489 e. The van der Waals surface area contributed by atoms with E-state index in [-0.39, 0.29) is 0 Å². The second-order valence-corrected chi connectivity index (χ2v) is 3.35. The van der Waals surface area contributed by atoms with Crippen molar-refractivity contribution in [3.63, 3.8) is 0 Å². The Kier molecular flexibility index (Phi) is 2.08. The van der Waals surface area contributed by atoms with Gasteiger partial charge >= 0.3 is 0 Å². The number of nitrogens with one attached hydrogen (secondary N) is 1. The normalized spacial score (nSPS) is 15.5. The topological polar surface area (TPSA) is 34.1 Å². The van der Waals surface area contributed by atoms with Crippen molar-refractivity contribution in [2.45, 2.75) is 25.9 Å². The maximum atomic E-state index is 5.67. The highest BCUT2D eigenvalue weighted by atomic mass is 16.5. The summed E-state index contributed by atoms with van der Waals surface area (Å²) in [6, 6.07) is 3.91. The third kappa shape index (κ3) is 1.91. The molecule has 1 N–H and O–H groups in total. The second kappa shape index (κ2) is 3.24. The summed E-state index contributed by atoms with van der Waals surface area (Å²) in [5, 5.41) is 3.00. The predicted octanol–water partition coefficient (Wildman–Crippen LogP) is 1.97. The van der Waals surface area contributed by atoms with Crippen molar-refractivity contribution in [2.24, 2.45) is 0 Å². The minimum absolute atomic E-state index is 0.445. The van der Waals surface area contributed by atoms with Crippen molar-refractivity contribution in [1.29, 1.82) is 0 Å². The number of aryl methyl sites for hydroxylation is 1. The van der Waals surface area contributed by atoms with E-state index < -0.39 is 0 Å². The van der Waals surface area contributed by atoms with Crippen LogP contribution in [-0.4, -0.2) is 18.1 Å². The van der Waals surface area contributed by atoms with Crippen molar-refractivity contribution in [1.82, 2.24) is 4.98 Å². The van der Waals surface area contributed by atoms with Crippen molar-refractivity contribution in [3.05, 3.63) is 17.8 Å². The maximum absolute atomic E-state index is 5.67. The van der Waals surface area contributed by atoms with Crippen molar-refractivity contribution in [3.8, 4) is 5.75 Å². The Morgan fingerprint density at radius 2 is 2.23 bits per heavy atom. The standard InChI is InChI=1S/C10H14N2O/c1-7-9(13-8-3-4-8)5-6-10(11-2)12-7/h5-6,8H,3-4H2,1-2H3,(H,11,12). The molecule has 1 aliphatic carbocycles. The predicted molar refractivity (Wildman–Crippen MR) is 52.2 cm³/mol. The van der Waals surface area contributed by atoms with Crippen LogP contribution in [0.5, 0.6) is 5.75 Å². The molecule has 2 rings (SSSR count). The molecule has 1 aromatic heterocycles. The van der Waals surface area contributed by atoms with E-state index >= 15 is 0 Å². The summed E-state index contributed by atoms with van der Waals surface area (Å²) in [4.78, 5) is 4.34. The number of hydrogen-bond donors (Lipinski definition) is 1. The van der Waals surface area contributed by atoms with E-state index in [1.807, 2.05) is 26.1 Å².